The predicted octanol–water partition coefficient (Wildman–Crippen LogP) is 3.02. The molecule has 108 valence electrons. The highest BCUT2D eigenvalue weighted by Gasteiger charge is 2.31. The quantitative estimate of drug-likeness (QED) is 0.620. The molecule has 2 atom stereocenters. The van der Waals surface area contributed by atoms with Crippen molar-refractivity contribution in [3.05, 3.63) is 35.4 Å². The van der Waals surface area contributed by atoms with E-state index in [2.05, 4.69) is 5.43 Å². The Kier molecular flexibility index (Phi) is 5.78. The molecule has 0 aliphatic heterocycles. The number of nitrogens with one attached hydrogen (secondary N) is 1. The minimum absolute atomic E-state index is 0.265. The van der Waals surface area contributed by atoms with Crippen LogP contribution in [-0.4, -0.2) is 13.2 Å². The molecule has 6 heteroatoms. The summed E-state index contributed by atoms with van der Waals surface area (Å²) in [5.74, 6) is 5.46. The van der Waals surface area contributed by atoms with Crippen molar-refractivity contribution in [2.75, 3.05) is 7.11 Å². The zero-order chi connectivity index (χ0) is 14.5. The van der Waals surface area contributed by atoms with E-state index in [1.165, 1.54) is 13.2 Å². The van der Waals surface area contributed by atoms with Crippen molar-refractivity contribution in [1.82, 2.24) is 5.43 Å². The lowest BCUT2D eigenvalue weighted by Gasteiger charge is -2.26. The van der Waals surface area contributed by atoms with E-state index in [1.807, 2.05) is 6.92 Å². The second-order valence-electron chi connectivity index (χ2n) is 4.33. The van der Waals surface area contributed by atoms with Gasteiger partial charge in [-0.3, -0.25) is 11.3 Å². The van der Waals surface area contributed by atoms with Gasteiger partial charge in [-0.2, -0.15) is 13.2 Å². The van der Waals surface area contributed by atoms with Crippen LogP contribution in [0.2, 0.25) is 0 Å². The highest BCUT2D eigenvalue weighted by molar-refractivity contribution is 5.28. The molecule has 0 saturated heterocycles. The Hall–Kier alpha value is -1.11. The van der Waals surface area contributed by atoms with Gasteiger partial charge in [0.05, 0.1) is 17.7 Å². The Morgan fingerprint density at radius 1 is 1.37 bits per heavy atom. The average molecular weight is 276 g/mol. The van der Waals surface area contributed by atoms with Crippen molar-refractivity contribution < 1.29 is 17.9 Å². The Labute approximate surface area is 110 Å². The smallest absolute Gasteiger partial charge is 0.379 e. The summed E-state index contributed by atoms with van der Waals surface area (Å²) in [6.45, 7) is 1.98. The van der Waals surface area contributed by atoms with Crippen LogP contribution in [0.3, 0.4) is 0 Å². The highest BCUT2D eigenvalue weighted by Crippen LogP contribution is 2.31. The van der Waals surface area contributed by atoms with E-state index in [4.69, 9.17) is 10.6 Å². The molecule has 19 heavy (non-hydrogen) atoms. The van der Waals surface area contributed by atoms with Crippen molar-refractivity contribution in [1.29, 1.82) is 0 Å². The van der Waals surface area contributed by atoms with Crippen LogP contribution in [0.4, 0.5) is 13.2 Å². The maximum absolute atomic E-state index is 12.7. The van der Waals surface area contributed by atoms with Gasteiger partial charge in [-0.05, 0) is 24.1 Å². The first-order chi connectivity index (χ1) is 8.93. The topological polar surface area (TPSA) is 47.3 Å². The third-order valence-corrected chi connectivity index (χ3v) is 3.00. The molecule has 0 aromatic heterocycles. The lowest BCUT2D eigenvalue weighted by atomic mass is 9.97. The summed E-state index contributed by atoms with van der Waals surface area (Å²) >= 11 is 0. The van der Waals surface area contributed by atoms with Gasteiger partial charge in [0.2, 0.25) is 0 Å². The molecular weight excluding hydrogens is 257 g/mol. The molecule has 2 unspecified atom stereocenters. The zero-order valence-corrected chi connectivity index (χ0v) is 11.0. The van der Waals surface area contributed by atoms with Gasteiger partial charge in [-0.15, -0.1) is 0 Å². The van der Waals surface area contributed by atoms with Crippen LogP contribution in [0, 0.1) is 0 Å². The fraction of sp³-hybridized carbons (Fsp3) is 0.538. The van der Waals surface area contributed by atoms with Gasteiger partial charge in [-0.1, -0.05) is 25.5 Å². The minimum Gasteiger partial charge on any atom is -0.379 e. The molecule has 0 bridgehead atoms. The van der Waals surface area contributed by atoms with Crippen LogP contribution in [0.1, 0.15) is 36.9 Å². The number of hydrogen-bond acceptors (Lipinski definition) is 3. The molecule has 0 amide bonds. The molecule has 0 aliphatic carbocycles. The van der Waals surface area contributed by atoms with Crippen LogP contribution in [0.15, 0.2) is 24.3 Å². The molecule has 0 saturated carbocycles. The van der Waals surface area contributed by atoms with Gasteiger partial charge in [0.25, 0.3) is 0 Å². The number of rotatable bonds is 6. The summed E-state index contributed by atoms with van der Waals surface area (Å²) in [5.41, 5.74) is 2.33. The number of hydrazine groups is 1. The second kappa shape index (κ2) is 6.88. The van der Waals surface area contributed by atoms with Gasteiger partial charge in [-0.25, -0.2) is 0 Å². The summed E-state index contributed by atoms with van der Waals surface area (Å²) in [5, 5.41) is 0. The van der Waals surface area contributed by atoms with Crippen LogP contribution < -0.4 is 11.3 Å². The fourth-order valence-electron chi connectivity index (χ4n) is 2.03. The summed E-state index contributed by atoms with van der Waals surface area (Å²) in [7, 11) is 1.53. The number of halogens is 3. The van der Waals surface area contributed by atoms with Crippen LogP contribution in [0.25, 0.3) is 0 Å². The molecule has 0 radical (unpaired) electrons. The average Bonchev–Trinajstić information content (AvgIpc) is 2.38. The maximum atomic E-state index is 12.7. The van der Waals surface area contributed by atoms with E-state index in [1.54, 1.807) is 6.07 Å². The van der Waals surface area contributed by atoms with Gasteiger partial charge < -0.3 is 4.74 Å². The van der Waals surface area contributed by atoms with Crippen molar-refractivity contribution in [3.8, 4) is 0 Å². The largest absolute Gasteiger partial charge is 0.416 e. The second-order valence-corrected chi connectivity index (χ2v) is 4.33. The first-order valence-electron chi connectivity index (χ1n) is 6.10. The van der Waals surface area contributed by atoms with Gasteiger partial charge in [0.1, 0.15) is 0 Å². The van der Waals surface area contributed by atoms with Crippen molar-refractivity contribution in [2.24, 2.45) is 5.84 Å². The van der Waals surface area contributed by atoms with E-state index >= 15 is 0 Å². The lowest BCUT2D eigenvalue weighted by Crippen LogP contribution is -2.37. The fourth-order valence-corrected chi connectivity index (χ4v) is 2.03. The molecular formula is C13H19F3N2O. The number of nitrogens with two attached hydrogens (primary N) is 1. The SMILES string of the molecule is CCCC(OC)C(NN)c1cccc(C(F)(F)F)c1. The molecule has 0 spiro atoms. The van der Waals surface area contributed by atoms with Crippen molar-refractivity contribution in [3.63, 3.8) is 0 Å². The standard InChI is InChI=1S/C13H19F3N2O/c1-3-5-11(19-2)12(18-17)9-6-4-7-10(8-9)13(14,15)16/h4,6-8,11-12,18H,3,5,17H2,1-2H3. The third kappa shape index (κ3) is 4.19. The summed E-state index contributed by atoms with van der Waals surface area (Å²) in [4.78, 5) is 0. The third-order valence-electron chi connectivity index (χ3n) is 3.00. The first-order valence-corrected chi connectivity index (χ1v) is 6.10. The Morgan fingerprint density at radius 3 is 2.53 bits per heavy atom. The molecule has 3 nitrogen and oxygen atoms in total. The molecule has 0 fully saturated rings. The monoisotopic (exact) mass is 276 g/mol. The van der Waals surface area contributed by atoms with Gasteiger partial charge in [0.15, 0.2) is 0 Å². The molecule has 1 rings (SSSR count). The number of ether oxygens (including phenoxy) is 1. The lowest BCUT2D eigenvalue weighted by molar-refractivity contribution is -0.137. The molecule has 1 aromatic rings. The Bertz CT molecular complexity index is 396. The molecule has 3 N–H and O–H groups in total. The van der Waals surface area contributed by atoms with Crippen LogP contribution in [0.5, 0.6) is 0 Å². The zero-order valence-electron chi connectivity index (χ0n) is 11.0. The van der Waals surface area contributed by atoms with Gasteiger partial charge >= 0.3 is 6.18 Å². The van der Waals surface area contributed by atoms with Crippen LogP contribution >= 0.6 is 0 Å². The number of methoxy groups -OCH3 is 1. The summed E-state index contributed by atoms with van der Waals surface area (Å²) in [6.07, 6.45) is -3.06. The van der Waals surface area contributed by atoms with Crippen molar-refractivity contribution >= 4 is 0 Å². The first kappa shape index (κ1) is 15.9. The van der Waals surface area contributed by atoms with E-state index < -0.39 is 17.8 Å². The summed E-state index contributed by atoms with van der Waals surface area (Å²) in [6, 6.07) is 4.67. The van der Waals surface area contributed by atoms with Crippen molar-refractivity contribution in [2.45, 2.75) is 38.1 Å². The van der Waals surface area contributed by atoms with Crippen LogP contribution in [-0.2, 0) is 10.9 Å². The number of benzene rings is 1. The van der Waals surface area contributed by atoms with E-state index in [9.17, 15) is 13.2 Å². The molecule has 0 aliphatic rings. The normalized spacial score (nSPS) is 15.3. The molecule has 0 heterocycles. The van der Waals surface area contributed by atoms with Gasteiger partial charge in [0, 0.05) is 7.11 Å². The molecule has 1 aromatic carbocycles. The minimum atomic E-state index is -4.36. The van der Waals surface area contributed by atoms with E-state index in [0.717, 1.165) is 18.6 Å². The predicted molar refractivity (Wildman–Crippen MR) is 67.2 cm³/mol. The Morgan fingerprint density at radius 2 is 2.05 bits per heavy atom. The number of hydrogen-bond donors (Lipinski definition) is 2. The maximum Gasteiger partial charge on any atom is 0.416 e. The Balaban J connectivity index is 3.04. The number of alkyl halides is 3. The highest BCUT2D eigenvalue weighted by atomic mass is 19.4. The van der Waals surface area contributed by atoms with E-state index in [0.29, 0.717) is 12.0 Å². The summed E-state index contributed by atoms with van der Waals surface area (Å²) < 4.78 is 43.4. The van der Waals surface area contributed by atoms with E-state index in [-0.39, 0.29) is 6.10 Å².